The maximum Gasteiger partial charge on any atom is 0.282 e. The van der Waals surface area contributed by atoms with Crippen LogP contribution in [0.15, 0.2) is 54.6 Å². The number of hydrogen-bond acceptors (Lipinski definition) is 1. The van der Waals surface area contributed by atoms with E-state index in [0.717, 1.165) is 19.5 Å². The van der Waals surface area contributed by atoms with E-state index in [1.165, 1.54) is 16.0 Å². The van der Waals surface area contributed by atoms with Crippen LogP contribution in [0.1, 0.15) is 18.9 Å². The molecular formula is C20H21Cl2N2O+. The van der Waals surface area contributed by atoms with Crippen molar-refractivity contribution in [3.8, 4) is 0 Å². The number of halogens is 2. The lowest BCUT2D eigenvalue weighted by molar-refractivity contribution is -0.909. The predicted octanol–water partition coefficient (Wildman–Crippen LogP) is 3.69. The Bertz CT molecular complexity index is 769. The molecule has 1 unspecified atom stereocenters. The van der Waals surface area contributed by atoms with Gasteiger partial charge in [0.05, 0.1) is 28.8 Å². The summed E-state index contributed by atoms with van der Waals surface area (Å²) in [4.78, 5) is 13.8. The minimum absolute atomic E-state index is 0.0680. The normalized spacial score (nSPS) is 18.4. The molecule has 25 heavy (non-hydrogen) atoms. The molecule has 2 atom stereocenters. The Morgan fingerprint density at radius 2 is 1.76 bits per heavy atom. The summed E-state index contributed by atoms with van der Waals surface area (Å²) < 4.78 is 0. The van der Waals surface area contributed by atoms with Gasteiger partial charge in [0, 0.05) is 6.42 Å². The number of carbonyl (C=O) groups excluding carboxylic acids is 1. The van der Waals surface area contributed by atoms with Crippen LogP contribution in [0.3, 0.4) is 0 Å². The van der Waals surface area contributed by atoms with Gasteiger partial charge in [-0.2, -0.15) is 0 Å². The molecule has 0 fully saturated rings. The molecule has 1 heterocycles. The van der Waals surface area contributed by atoms with Crippen LogP contribution in [0, 0.1) is 0 Å². The molecule has 3 rings (SSSR count). The molecule has 3 nitrogen and oxygen atoms in total. The van der Waals surface area contributed by atoms with E-state index in [1.54, 1.807) is 18.2 Å². The molecule has 0 radical (unpaired) electrons. The van der Waals surface area contributed by atoms with Gasteiger partial charge >= 0.3 is 0 Å². The quantitative estimate of drug-likeness (QED) is 0.839. The Labute approximate surface area is 158 Å². The molecule has 0 bridgehead atoms. The number of nitrogens with one attached hydrogen (secondary N) is 2. The molecule has 1 aliphatic heterocycles. The SMILES string of the molecule is C[C@@H](C(=O)Nc1c(Cl)cccc1Cl)[NH+]1CC=C(c2ccccc2)CC1. The zero-order chi connectivity index (χ0) is 17.8. The molecule has 2 aromatic carbocycles. The first kappa shape index (κ1) is 18.0. The highest BCUT2D eigenvalue weighted by Gasteiger charge is 2.27. The van der Waals surface area contributed by atoms with E-state index in [1.807, 2.05) is 13.0 Å². The van der Waals surface area contributed by atoms with Crippen molar-refractivity contribution in [2.75, 3.05) is 18.4 Å². The number of hydrogen-bond donors (Lipinski definition) is 2. The van der Waals surface area contributed by atoms with Crippen LogP contribution in [-0.2, 0) is 4.79 Å². The monoisotopic (exact) mass is 375 g/mol. The standard InChI is InChI=1S/C20H20Cl2N2O/c1-14(20(25)23-19-17(21)8-5-9-18(19)22)24-12-10-16(11-13-24)15-6-3-2-4-7-15/h2-10,14H,11-13H2,1H3,(H,23,25)/p+1/t14-/m0/s1. The van der Waals surface area contributed by atoms with E-state index >= 15 is 0 Å². The van der Waals surface area contributed by atoms with Gasteiger partial charge in [-0.25, -0.2) is 0 Å². The summed E-state index contributed by atoms with van der Waals surface area (Å²) in [6.07, 6.45) is 3.20. The molecular weight excluding hydrogens is 355 g/mol. The molecule has 0 saturated carbocycles. The van der Waals surface area contributed by atoms with Gasteiger partial charge in [-0.05, 0) is 36.3 Å². The van der Waals surface area contributed by atoms with Crippen LogP contribution in [0.4, 0.5) is 5.69 Å². The minimum Gasteiger partial charge on any atom is -0.321 e. The van der Waals surface area contributed by atoms with Crippen molar-refractivity contribution in [2.24, 2.45) is 0 Å². The number of amides is 1. The van der Waals surface area contributed by atoms with Gasteiger partial charge in [-0.3, -0.25) is 4.79 Å². The summed E-state index contributed by atoms with van der Waals surface area (Å²) in [5.74, 6) is -0.0680. The Morgan fingerprint density at radius 3 is 2.36 bits per heavy atom. The topological polar surface area (TPSA) is 33.5 Å². The van der Waals surface area contributed by atoms with Crippen LogP contribution in [0.25, 0.3) is 5.57 Å². The van der Waals surface area contributed by atoms with E-state index in [9.17, 15) is 4.79 Å². The van der Waals surface area contributed by atoms with Crippen molar-refractivity contribution < 1.29 is 9.69 Å². The molecule has 130 valence electrons. The fourth-order valence-electron chi connectivity index (χ4n) is 3.10. The van der Waals surface area contributed by atoms with Crippen LogP contribution in [0.2, 0.25) is 10.0 Å². The third-order valence-corrected chi connectivity index (χ3v) is 5.32. The smallest absolute Gasteiger partial charge is 0.282 e. The van der Waals surface area contributed by atoms with Crippen LogP contribution in [0.5, 0.6) is 0 Å². The zero-order valence-electron chi connectivity index (χ0n) is 14.1. The van der Waals surface area contributed by atoms with Gasteiger partial charge < -0.3 is 10.2 Å². The maximum atomic E-state index is 12.6. The molecule has 5 heteroatoms. The molecule has 0 aromatic heterocycles. The molecule has 0 spiro atoms. The van der Waals surface area contributed by atoms with Crippen molar-refractivity contribution in [1.29, 1.82) is 0 Å². The van der Waals surface area contributed by atoms with Crippen molar-refractivity contribution in [3.63, 3.8) is 0 Å². The number of benzene rings is 2. The first-order chi connectivity index (χ1) is 12.1. The van der Waals surface area contributed by atoms with E-state index in [4.69, 9.17) is 23.2 Å². The highest BCUT2D eigenvalue weighted by atomic mass is 35.5. The molecule has 2 aromatic rings. The minimum atomic E-state index is -0.180. The number of para-hydroxylation sites is 1. The van der Waals surface area contributed by atoms with Crippen LogP contribution >= 0.6 is 23.2 Å². The Balaban J connectivity index is 1.65. The number of quaternary nitrogens is 1. The average Bonchev–Trinajstić information content (AvgIpc) is 2.65. The van der Waals surface area contributed by atoms with E-state index in [2.05, 4.69) is 35.7 Å². The zero-order valence-corrected chi connectivity index (χ0v) is 15.6. The lowest BCUT2D eigenvalue weighted by Crippen LogP contribution is -3.17. The molecule has 0 aliphatic carbocycles. The fourth-order valence-corrected chi connectivity index (χ4v) is 3.59. The second kappa shape index (κ2) is 8.05. The van der Waals surface area contributed by atoms with E-state index in [-0.39, 0.29) is 11.9 Å². The van der Waals surface area contributed by atoms with Crippen molar-refractivity contribution in [1.82, 2.24) is 0 Å². The molecule has 0 saturated heterocycles. The summed E-state index contributed by atoms with van der Waals surface area (Å²) in [7, 11) is 0. The highest BCUT2D eigenvalue weighted by Crippen LogP contribution is 2.29. The third-order valence-electron chi connectivity index (χ3n) is 4.69. The summed E-state index contributed by atoms with van der Waals surface area (Å²) in [6.45, 7) is 3.69. The summed E-state index contributed by atoms with van der Waals surface area (Å²) in [6, 6.07) is 15.4. The summed E-state index contributed by atoms with van der Waals surface area (Å²) >= 11 is 12.3. The van der Waals surface area contributed by atoms with Crippen molar-refractivity contribution >= 4 is 40.4 Å². The van der Waals surface area contributed by atoms with Gasteiger partial charge in [0.25, 0.3) is 5.91 Å². The Kier molecular flexibility index (Phi) is 5.79. The molecule has 1 aliphatic rings. The van der Waals surface area contributed by atoms with E-state index in [0.29, 0.717) is 15.7 Å². The van der Waals surface area contributed by atoms with E-state index < -0.39 is 0 Å². The van der Waals surface area contributed by atoms with Gasteiger partial charge in [0.1, 0.15) is 0 Å². The first-order valence-electron chi connectivity index (χ1n) is 8.40. The van der Waals surface area contributed by atoms with Gasteiger partial charge in [0.15, 0.2) is 6.04 Å². The number of rotatable bonds is 4. The van der Waals surface area contributed by atoms with Gasteiger partial charge in [-0.1, -0.05) is 59.6 Å². The van der Waals surface area contributed by atoms with Crippen molar-refractivity contribution in [3.05, 3.63) is 70.2 Å². The molecule has 2 N–H and O–H groups in total. The van der Waals surface area contributed by atoms with Gasteiger partial charge in [0.2, 0.25) is 0 Å². The number of carbonyl (C=O) groups is 1. The fraction of sp³-hybridized carbons (Fsp3) is 0.250. The lowest BCUT2D eigenvalue weighted by atomic mass is 9.99. The number of anilines is 1. The predicted molar refractivity (Wildman–Crippen MR) is 104 cm³/mol. The van der Waals surface area contributed by atoms with Crippen LogP contribution in [-0.4, -0.2) is 25.0 Å². The van der Waals surface area contributed by atoms with Crippen molar-refractivity contribution in [2.45, 2.75) is 19.4 Å². The van der Waals surface area contributed by atoms with Gasteiger partial charge in [-0.15, -0.1) is 0 Å². The third kappa shape index (κ3) is 4.24. The first-order valence-corrected chi connectivity index (χ1v) is 9.16. The summed E-state index contributed by atoms with van der Waals surface area (Å²) in [5, 5.41) is 3.78. The Hall–Kier alpha value is -1.81. The lowest BCUT2D eigenvalue weighted by Gasteiger charge is -2.28. The highest BCUT2D eigenvalue weighted by molar-refractivity contribution is 6.39. The second-order valence-electron chi connectivity index (χ2n) is 6.27. The summed E-state index contributed by atoms with van der Waals surface area (Å²) in [5.41, 5.74) is 3.10. The average molecular weight is 376 g/mol. The maximum absolute atomic E-state index is 12.6. The molecule has 1 amide bonds. The largest absolute Gasteiger partial charge is 0.321 e. The second-order valence-corrected chi connectivity index (χ2v) is 7.08. The Morgan fingerprint density at radius 1 is 1.08 bits per heavy atom. The van der Waals surface area contributed by atoms with Crippen LogP contribution < -0.4 is 10.2 Å².